The molecule has 2 rings (SSSR count). The highest BCUT2D eigenvalue weighted by molar-refractivity contribution is 5.67. The fraction of sp³-hybridized carbons (Fsp3) is 0.188. The van der Waals surface area contributed by atoms with Gasteiger partial charge in [-0.25, -0.2) is 4.79 Å². The molecule has 1 unspecified atom stereocenters. The lowest BCUT2D eigenvalue weighted by molar-refractivity contribution is -0.384. The molecule has 7 nitrogen and oxygen atoms in total. The van der Waals surface area contributed by atoms with Gasteiger partial charge >= 0.3 is 6.09 Å². The molecule has 0 spiro atoms. The number of aliphatic hydroxyl groups excluding tert-OH is 1. The maximum Gasteiger partial charge on any atom is 0.408 e. The van der Waals surface area contributed by atoms with E-state index < -0.39 is 23.7 Å². The monoisotopic (exact) mass is 316 g/mol. The number of amides is 1. The standard InChI is InChI=1S/C16H16N2O5/c19-11-15(13-6-8-14(9-7-13)18(21)22)23-16(20)17-10-12-4-2-1-3-5-12/h1-9,15,19H,10-11H2,(H,17,20). The number of nitro groups is 1. The van der Waals surface area contributed by atoms with Crippen molar-refractivity contribution in [1.82, 2.24) is 5.32 Å². The first-order valence-corrected chi connectivity index (χ1v) is 6.94. The molecule has 120 valence electrons. The Morgan fingerprint density at radius 3 is 2.39 bits per heavy atom. The van der Waals surface area contributed by atoms with Crippen molar-refractivity contribution in [3.63, 3.8) is 0 Å². The van der Waals surface area contributed by atoms with E-state index in [2.05, 4.69) is 5.32 Å². The molecule has 0 aliphatic rings. The molecular weight excluding hydrogens is 300 g/mol. The number of non-ortho nitro benzene ring substituents is 1. The van der Waals surface area contributed by atoms with Gasteiger partial charge in [-0.2, -0.15) is 0 Å². The Balaban J connectivity index is 1.93. The first-order chi connectivity index (χ1) is 11.1. The van der Waals surface area contributed by atoms with Gasteiger partial charge in [0.05, 0.1) is 11.5 Å². The van der Waals surface area contributed by atoms with Crippen molar-refractivity contribution in [3.05, 3.63) is 75.8 Å². The van der Waals surface area contributed by atoms with E-state index in [0.29, 0.717) is 12.1 Å². The maximum atomic E-state index is 11.8. The number of ether oxygens (including phenoxy) is 1. The van der Waals surface area contributed by atoms with Crippen molar-refractivity contribution in [3.8, 4) is 0 Å². The summed E-state index contributed by atoms with van der Waals surface area (Å²) in [5.41, 5.74) is 1.33. The molecule has 0 saturated carbocycles. The molecule has 1 amide bonds. The Morgan fingerprint density at radius 2 is 1.83 bits per heavy atom. The summed E-state index contributed by atoms with van der Waals surface area (Å²) in [5, 5.41) is 22.5. The number of carbonyl (C=O) groups excluding carboxylic acids is 1. The topological polar surface area (TPSA) is 102 Å². The SMILES string of the molecule is O=C(NCc1ccccc1)OC(CO)c1ccc([N+](=O)[O-])cc1. The van der Waals surface area contributed by atoms with Gasteiger partial charge in [-0.05, 0) is 23.3 Å². The van der Waals surface area contributed by atoms with Gasteiger partial charge in [-0.1, -0.05) is 30.3 Å². The largest absolute Gasteiger partial charge is 0.439 e. The molecule has 0 saturated heterocycles. The fourth-order valence-corrected chi connectivity index (χ4v) is 1.96. The van der Waals surface area contributed by atoms with Crippen molar-refractivity contribution in [1.29, 1.82) is 0 Å². The third kappa shape index (κ3) is 4.79. The van der Waals surface area contributed by atoms with Crippen molar-refractivity contribution in [2.75, 3.05) is 6.61 Å². The molecule has 7 heteroatoms. The quantitative estimate of drug-likeness (QED) is 0.630. The van der Waals surface area contributed by atoms with Crippen LogP contribution in [0.1, 0.15) is 17.2 Å². The average Bonchev–Trinajstić information content (AvgIpc) is 2.59. The van der Waals surface area contributed by atoms with Gasteiger partial charge in [0, 0.05) is 18.7 Å². The molecule has 0 aromatic heterocycles. The summed E-state index contributed by atoms with van der Waals surface area (Å²) in [6, 6.07) is 14.8. The van der Waals surface area contributed by atoms with E-state index >= 15 is 0 Å². The third-order valence-corrected chi connectivity index (χ3v) is 3.17. The summed E-state index contributed by atoms with van der Waals surface area (Å²) in [5.74, 6) is 0. The number of nitro benzene ring substituents is 1. The Bertz CT molecular complexity index is 658. The van der Waals surface area contributed by atoms with E-state index in [1.54, 1.807) is 0 Å². The van der Waals surface area contributed by atoms with Crippen LogP contribution in [0.3, 0.4) is 0 Å². The number of carbonyl (C=O) groups is 1. The predicted molar refractivity (Wildman–Crippen MR) is 82.7 cm³/mol. The van der Waals surface area contributed by atoms with Crippen molar-refractivity contribution in [2.24, 2.45) is 0 Å². The van der Waals surface area contributed by atoms with Crippen LogP contribution in [-0.2, 0) is 11.3 Å². The summed E-state index contributed by atoms with van der Waals surface area (Å²) < 4.78 is 5.14. The minimum Gasteiger partial charge on any atom is -0.439 e. The van der Waals surface area contributed by atoms with Crippen LogP contribution in [0.2, 0.25) is 0 Å². The lowest BCUT2D eigenvalue weighted by Crippen LogP contribution is -2.26. The van der Waals surface area contributed by atoms with Crippen molar-refractivity contribution in [2.45, 2.75) is 12.6 Å². The fourth-order valence-electron chi connectivity index (χ4n) is 1.96. The summed E-state index contributed by atoms with van der Waals surface area (Å²) in [7, 11) is 0. The number of hydrogen-bond acceptors (Lipinski definition) is 5. The summed E-state index contributed by atoms with van der Waals surface area (Å²) >= 11 is 0. The summed E-state index contributed by atoms with van der Waals surface area (Å²) in [6.45, 7) is -0.116. The normalized spacial score (nSPS) is 11.5. The Morgan fingerprint density at radius 1 is 1.17 bits per heavy atom. The third-order valence-electron chi connectivity index (χ3n) is 3.17. The highest BCUT2D eigenvalue weighted by Crippen LogP contribution is 2.20. The van der Waals surface area contributed by atoms with E-state index in [0.717, 1.165) is 5.56 Å². The lowest BCUT2D eigenvalue weighted by atomic mass is 10.1. The van der Waals surface area contributed by atoms with Crippen LogP contribution in [0.5, 0.6) is 0 Å². The number of rotatable bonds is 6. The molecule has 2 aromatic carbocycles. The summed E-state index contributed by atoms with van der Waals surface area (Å²) in [6.07, 6.45) is -1.56. The molecule has 2 N–H and O–H groups in total. The molecule has 0 radical (unpaired) electrons. The van der Waals surface area contributed by atoms with Crippen molar-refractivity contribution >= 4 is 11.8 Å². The van der Waals surface area contributed by atoms with Gasteiger partial charge in [-0.15, -0.1) is 0 Å². The first-order valence-electron chi connectivity index (χ1n) is 6.94. The number of alkyl carbamates (subject to hydrolysis) is 1. The lowest BCUT2D eigenvalue weighted by Gasteiger charge is -2.16. The Labute approximate surface area is 132 Å². The van der Waals surface area contributed by atoms with E-state index in [1.807, 2.05) is 30.3 Å². The smallest absolute Gasteiger partial charge is 0.408 e. The highest BCUT2D eigenvalue weighted by atomic mass is 16.6. The number of nitrogens with zero attached hydrogens (tertiary/aromatic N) is 1. The molecular formula is C16H16N2O5. The molecule has 0 aliphatic carbocycles. The molecule has 2 aromatic rings. The molecule has 0 heterocycles. The van der Waals surface area contributed by atoms with Gasteiger partial charge in [-0.3, -0.25) is 10.1 Å². The van der Waals surface area contributed by atoms with Crippen LogP contribution in [0.4, 0.5) is 10.5 Å². The van der Waals surface area contributed by atoms with Crippen LogP contribution in [-0.4, -0.2) is 22.7 Å². The number of nitrogens with one attached hydrogen (secondary N) is 1. The average molecular weight is 316 g/mol. The number of hydrogen-bond donors (Lipinski definition) is 2. The van der Waals surface area contributed by atoms with Gasteiger partial charge < -0.3 is 15.2 Å². The molecule has 0 bridgehead atoms. The Hall–Kier alpha value is -2.93. The van der Waals surface area contributed by atoms with Gasteiger partial charge in [0.15, 0.2) is 6.10 Å². The highest BCUT2D eigenvalue weighted by Gasteiger charge is 2.17. The second kappa shape index (κ2) is 7.90. The molecule has 0 aliphatic heterocycles. The van der Waals surface area contributed by atoms with E-state index in [-0.39, 0.29) is 5.69 Å². The van der Waals surface area contributed by atoms with Crippen LogP contribution in [0.25, 0.3) is 0 Å². The van der Waals surface area contributed by atoms with E-state index in [9.17, 15) is 20.0 Å². The van der Waals surface area contributed by atoms with Crippen LogP contribution < -0.4 is 5.32 Å². The number of benzene rings is 2. The zero-order valence-corrected chi connectivity index (χ0v) is 12.2. The number of aliphatic hydroxyl groups is 1. The van der Waals surface area contributed by atoms with Crippen LogP contribution in [0, 0.1) is 10.1 Å². The van der Waals surface area contributed by atoms with Gasteiger partial charge in [0.25, 0.3) is 5.69 Å². The zero-order chi connectivity index (χ0) is 16.7. The Kier molecular flexibility index (Phi) is 5.65. The summed E-state index contributed by atoms with van der Waals surface area (Å²) in [4.78, 5) is 21.9. The maximum absolute atomic E-state index is 11.8. The molecule has 1 atom stereocenters. The van der Waals surface area contributed by atoms with Gasteiger partial charge in [0.1, 0.15) is 0 Å². The predicted octanol–water partition coefficient (Wildman–Crippen LogP) is 2.55. The minimum atomic E-state index is -0.883. The van der Waals surface area contributed by atoms with E-state index in [1.165, 1.54) is 24.3 Å². The van der Waals surface area contributed by atoms with Crippen molar-refractivity contribution < 1.29 is 19.6 Å². The van der Waals surface area contributed by atoms with Crippen LogP contribution >= 0.6 is 0 Å². The molecule has 0 fully saturated rings. The molecule has 23 heavy (non-hydrogen) atoms. The zero-order valence-electron chi connectivity index (χ0n) is 12.2. The van der Waals surface area contributed by atoms with E-state index in [4.69, 9.17) is 4.74 Å². The minimum absolute atomic E-state index is 0.0704. The second-order valence-electron chi connectivity index (χ2n) is 4.76. The first kappa shape index (κ1) is 16.4. The second-order valence-corrected chi connectivity index (χ2v) is 4.76. The van der Waals surface area contributed by atoms with Crippen LogP contribution in [0.15, 0.2) is 54.6 Å². The van der Waals surface area contributed by atoms with Gasteiger partial charge in [0.2, 0.25) is 0 Å².